The number of pyridine rings is 1. The third-order valence-corrected chi connectivity index (χ3v) is 3.50. The monoisotopic (exact) mass is 244 g/mol. The molecule has 0 N–H and O–H groups in total. The lowest BCUT2D eigenvalue weighted by molar-refractivity contribution is 0.226. The van der Waals surface area contributed by atoms with Crippen molar-refractivity contribution in [2.45, 2.75) is 45.4 Å². The fourth-order valence-electron chi connectivity index (χ4n) is 2.51. The Morgan fingerprint density at radius 3 is 2.67 bits per heavy atom. The minimum Gasteiger partial charge on any atom is -0.477 e. The van der Waals surface area contributed by atoms with Gasteiger partial charge in [-0.15, -0.1) is 0 Å². The first-order valence-electron chi connectivity index (χ1n) is 6.79. The van der Waals surface area contributed by atoms with E-state index in [-0.39, 0.29) is 0 Å². The van der Waals surface area contributed by atoms with E-state index in [1.54, 1.807) is 12.1 Å². The van der Waals surface area contributed by atoms with E-state index in [1.165, 1.54) is 38.5 Å². The van der Waals surface area contributed by atoms with Crippen LogP contribution in [-0.2, 0) is 0 Å². The van der Waals surface area contributed by atoms with Gasteiger partial charge in [0.05, 0.1) is 18.2 Å². The van der Waals surface area contributed by atoms with Crippen molar-refractivity contribution in [2.24, 2.45) is 5.92 Å². The van der Waals surface area contributed by atoms with Gasteiger partial charge in [0.1, 0.15) is 0 Å². The Balaban J connectivity index is 1.93. The van der Waals surface area contributed by atoms with Crippen LogP contribution in [0.1, 0.15) is 49.8 Å². The Morgan fingerprint density at radius 2 is 2.00 bits per heavy atom. The molecular weight excluding hydrogens is 224 g/mol. The van der Waals surface area contributed by atoms with E-state index < -0.39 is 0 Å². The molecule has 18 heavy (non-hydrogen) atoms. The zero-order valence-electron chi connectivity index (χ0n) is 11.0. The van der Waals surface area contributed by atoms with E-state index >= 15 is 0 Å². The largest absolute Gasteiger partial charge is 0.477 e. The summed E-state index contributed by atoms with van der Waals surface area (Å²) < 4.78 is 5.76. The third-order valence-electron chi connectivity index (χ3n) is 3.50. The van der Waals surface area contributed by atoms with Gasteiger partial charge in [-0.05, 0) is 31.7 Å². The number of rotatable bonds is 3. The van der Waals surface area contributed by atoms with Crippen LogP contribution in [0.3, 0.4) is 0 Å². The highest BCUT2D eigenvalue weighted by Gasteiger charge is 2.13. The Hall–Kier alpha value is -1.56. The van der Waals surface area contributed by atoms with Crippen LogP contribution in [0.5, 0.6) is 5.88 Å². The van der Waals surface area contributed by atoms with Gasteiger partial charge in [0, 0.05) is 11.8 Å². The first-order chi connectivity index (χ1) is 8.78. The summed E-state index contributed by atoms with van der Waals surface area (Å²) in [6, 6.07) is 5.64. The maximum atomic E-state index is 8.91. The highest BCUT2D eigenvalue weighted by Crippen LogP contribution is 2.23. The number of aromatic nitrogens is 1. The Morgan fingerprint density at radius 1 is 1.28 bits per heavy atom. The van der Waals surface area contributed by atoms with Gasteiger partial charge in [0.15, 0.2) is 0 Å². The zero-order chi connectivity index (χ0) is 12.8. The molecule has 1 aliphatic rings. The molecule has 96 valence electrons. The summed E-state index contributed by atoms with van der Waals surface area (Å²) in [5, 5.41) is 8.91. The highest BCUT2D eigenvalue weighted by atomic mass is 16.5. The molecule has 1 fully saturated rings. The lowest BCUT2D eigenvalue weighted by atomic mass is 10.0. The summed E-state index contributed by atoms with van der Waals surface area (Å²) >= 11 is 0. The second kappa shape index (κ2) is 6.39. The summed E-state index contributed by atoms with van der Waals surface area (Å²) in [7, 11) is 0. The van der Waals surface area contributed by atoms with Crippen molar-refractivity contribution in [2.75, 3.05) is 6.61 Å². The van der Waals surface area contributed by atoms with Crippen LogP contribution in [0.4, 0.5) is 0 Å². The molecule has 0 atom stereocenters. The lowest BCUT2D eigenvalue weighted by Crippen LogP contribution is -2.12. The minimum atomic E-state index is 0.593. The average Bonchev–Trinajstić information content (AvgIpc) is 2.64. The molecule has 1 aliphatic carbocycles. The van der Waals surface area contributed by atoms with Crippen LogP contribution in [0.25, 0.3) is 0 Å². The quantitative estimate of drug-likeness (QED) is 0.763. The second-order valence-corrected chi connectivity index (χ2v) is 5.12. The Bertz CT molecular complexity index is 429. The van der Waals surface area contributed by atoms with Crippen LogP contribution in [0, 0.1) is 24.2 Å². The van der Waals surface area contributed by atoms with E-state index in [0.717, 1.165) is 12.3 Å². The summed E-state index contributed by atoms with van der Waals surface area (Å²) in [4.78, 5) is 4.32. The minimum absolute atomic E-state index is 0.593. The molecule has 0 unspecified atom stereocenters. The summed E-state index contributed by atoms with van der Waals surface area (Å²) in [6.07, 6.45) is 7.88. The molecule has 1 heterocycles. The molecule has 3 nitrogen and oxygen atoms in total. The second-order valence-electron chi connectivity index (χ2n) is 5.12. The van der Waals surface area contributed by atoms with E-state index in [0.29, 0.717) is 17.4 Å². The summed E-state index contributed by atoms with van der Waals surface area (Å²) in [5.74, 6) is 1.25. The van der Waals surface area contributed by atoms with Crippen molar-refractivity contribution in [3.05, 3.63) is 23.4 Å². The molecule has 0 saturated heterocycles. The van der Waals surface area contributed by atoms with Gasteiger partial charge in [0.2, 0.25) is 5.88 Å². The van der Waals surface area contributed by atoms with Gasteiger partial charge in [-0.1, -0.05) is 25.7 Å². The molecular formula is C15H20N2O. The molecule has 2 rings (SSSR count). The number of nitriles is 1. The molecule has 3 heteroatoms. The standard InChI is InChI=1S/C15H20N2O/c1-12-8-14(10-16)9-15(17-12)18-11-13-6-4-2-3-5-7-13/h8-9,13H,2-7,11H2,1H3. The van der Waals surface area contributed by atoms with Crippen molar-refractivity contribution < 1.29 is 4.74 Å². The van der Waals surface area contributed by atoms with Gasteiger partial charge in [-0.2, -0.15) is 5.26 Å². The van der Waals surface area contributed by atoms with Crippen molar-refractivity contribution in [1.29, 1.82) is 5.26 Å². The molecule has 0 radical (unpaired) electrons. The van der Waals surface area contributed by atoms with E-state index in [2.05, 4.69) is 11.1 Å². The first kappa shape index (κ1) is 12.9. The van der Waals surface area contributed by atoms with E-state index in [9.17, 15) is 0 Å². The Kier molecular flexibility index (Phi) is 4.58. The van der Waals surface area contributed by atoms with Crippen molar-refractivity contribution in [3.8, 4) is 11.9 Å². The predicted molar refractivity (Wildman–Crippen MR) is 70.4 cm³/mol. The predicted octanol–water partition coefficient (Wildman–Crippen LogP) is 3.61. The fraction of sp³-hybridized carbons (Fsp3) is 0.600. The number of aryl methyl sites for hydroxylation is 1. The Labute approximate surface area is 109 Å². The molecule has 0 aliphatic heterocycles. The van der Waals surface area contributed by atoms with Crippen LogP contribution in [0.15, 0.2) is 12.1 Å². The lowest BCUT2D eigenvalue weighted by Gasteiger charge is -2.14. The number of hydrogen-bond acceptors (Lipinski definition) is 3. The van der Waals surface area contributed by atoms with Crippen molar-refractivity contribution >= 4 is 0 Å². The van der Waals surface area contributed by atoms with Gasteiger partial charge < -0.3 is 4.74 Å². The van der Waals surface area contributed by atoms with Gasteiger partial charge in [-0.25, -0.2) is 4.98 Å². The highest BCUT2D eigenvalue weighted by molar-refractivity contribution is 5.34. The molecule has 0 aromatic carbocycles. The maximum Gasteiger partial charge on any atom is 0.214 e. The van der Waals surface area contributed by atoms with Gasteiger partial charge in [-0.3, -0.25) is 0 Å². The van der Waals surface area contributed by atoms with Crippen LogP contribution >= 0.6 is 0 Å². The summed E-state index contributed by atoms with van der Waals surface area (Å²) in [6.45, 7) is 2.63. The van der Waals surface area contributed by atoms with Crippen LogP contribution < -0.4 is 4.74 Å². The number of hydrogen-bond donors (Lipinski definition) is 0. The molecule has 0 amide bonds. The maximum absolute atomic E-state index is 8.91. The third kappa shape index (κ3) is 3.73. The van der Waals surface area contributed by atoms with E-state index in [1.807, 2.05) is 6.92 Å². The van der Waals surface area contributed by atoms with Crippen molar-refractivity contribution in [1.82, 2.24) is 4.98 Å². The van der Waals surface area contributed by atoms with Crippen LogP contribution in [-0.4, -0.2) is 11.6 Å². The molecule has 1 aromatic rings. The SMILES string of the molecule is Cc1cc(C#N)cc(OCC2CCCCCC2)n1. The van der Waals surface area contributed by atoms with Crippen LogP contribution in [0.2, 0.25) is 0 Å². The van der Waals surface area contributed by atoms with Gasteiger partial charge >= 0.3 is 0 Å². The average molecular weight is 244 g/mol. The first-order valence-corrected chi connectivity index (χ1v) is 6.79. The topological polar surface area (TPSA) is 45.9 Å². The smallest absolute Gasteiger partial charge is 0.214 e. The zero-order valence-corrected chi connectivity index (χ0v) is 11.0. The normalized spacial score (nSPS) is 16.9. The molecule has 1 saturated carbocycles. The van der Waals surface area contributed by atoms with Crippen molar-refractivity contribution in [3.63, 3.8) is 0 Å². The number of ether oxygens (including phenoxy) is 1. The molecule has 0 spiro atoms. The number of nitrogens with zero attached hydrogens (tertiary/aromatic N) is 2. The fourth-order valence-corrected chi connectivity index (χ4v) is 2.51. The summed E-state index contributed by atoms with van der Waals surface area (Å²) in [5.41, 5.74) is 1.46. The van der Waals surface area contributed by atoms with E-state index in [4.69, 9.17) is 10.00 Å². The molecule has 0 bridgehead atoms. The van der Waals surface area contributed by atoms with Gasteiger partial charge in [0.25, 0.3) is 0 Å². The molecule has 1 aromatic heterocycles.